The number of para-hydroxylation sites is 4. The molecule has 0 aliphatic heterocycles. The number of fused-ring (bicyclic) bond motifs is 11. The van der Waals surface area contributed by atoms with Crippen LogP contribution in [0.25, 0.3) is 110 Å². The Hall–Kier alpha value is -7.50. The van der Waals surface area contributed by atoms with Crippen molar-refractivity contribution in [2.75, 3.05) is 0 Å². The molecule has 0 aliphatic rings. The largest absolute Gasteiger partial charge is 0.455 e. The summed E-state index contributed by atoms with van der Waals surface area (Å²) in [6.07, 6.45) is 0. The summed E-state index contributed by atoms with van der Waals surface area (Å²) in [6, 6.07) is 64.1. The quantitative estimate of drug-likeness (QED) is 0.183. The summed E-state index contributed by atoms with van der Waals surface area (Å²) in [4.78, 5) is 10.6. The van der Waals surface area contributed by atoms with Gasteiger partial charge in [-0.2, -0.15) is 0 Å². The summed E-state index contributed by atoms with van der Waals surface area (Å²) in [7, 11) is 0. The number of aromatic nitrogens is 4. The van der Waals surface area contributed by atoms with Gasteiger partial charge in [-0.3, -0.25) is 4.57 Å². The second-order valence-corrected chi connectivity index (χ2v) is 14.2. The fourth-order valence-corrected chi connectivity index (χ4v) is 8.64. The fourth-order valence-electron chi connectivity index (χ4n) is 8.64. The lowest BCUT2D eigenvalue weighted by Crippen LogP contribution is -2.04. The monoisotopic (exact) mass is 702 g/mol. The maximum atomic E-state index is 6.60. The van der Waals surface area contributed by atoms with Crippen LogP contribution in [0.1, 0.15) is 0 Å². The van der Waals surface area contributed by atoms with Crippen LogP contribution in [0.3, 0.4) is 0 Å². The first-order valence-corrected chi connectivity index (χ1v) is 18.6. The van der Waals surface area contributed by atoms with E-state index in [1.54, 1.807) is 0 Å². The molecule has 4 aromatic heterocycles. The van der Waals surface area contributed by atoms with E-state index in [0.717, 1.165) is 110 Å². The number of hydrogen-bond donors (Lipinski definition) is 0. The number of nitrogens with zero attached hydrogens (tertiary/aromatic N) is 4. The highest BCUT2D eigenvalue weighted by Gasteiger charge is 2.22. The number of rotatable bonds is 4. The molecule has 0 saturated carbocycles. The van der Waals surface area contributed by atoms with Gasteiger partial charge >= 0.3 is 0 Å². The van der Waals surface area contributed by atoms with Crippen LogP contribution >= 0.6 is 0 Å². The van der Waals surface area contributed by atoms with Crippen LogP contribution in [0.5, 0.6) is 0 Å². The molecule has 0 bridgehead atoms. The molecule has 0 unspecified atom stereocenters. The van der Waals surface area contributed by atoms with Gasteiger partial charge in [0.25, 0.3) is 0 Å². The molecule has 0 N–H and O–H groups in total. The second kappa shape index (κ2) is 11.5. The van der Waals surface area contributed by atoms with E-state index in [1.165, 1.54) is 0 Å². The van der Waals surface area contributed by atoms with Crippen LogP contribution in [-0.4, -0.2) is 19.1 Å². The van der Waals surface area contributed by atoms with Gasteiger partial charge in [0.1, 0.15) is 16.9 Å². The molecular formula is C50H30N4O. The van der Waals surface area contributed by atoms with Crippen LogP contribution in [-0.2, 0) is 0 Å². The Labute approximate surface area is 315 Å². The van der Waals surface area contributed by atoms with Gasteiger partial charge in [0.05, 0.1) is 38.5 Å². The third kappa shape index (κ3) is 4.41. The molecule has 4 heterocycles. The molecule has 12 aromatic rings. The maximum Gasteiger partial charge on any atom is 0.165 e. The van der Waals surface area contributed by atoms with Crippen molar-refractivity contribution < 1.29 is 4.42 Å². The Morgan fingerprint density at radius 2 is 1.04 bits per heavy atom. The zero-order valence-electron chi connectivity index (χ0n) is 29.5. The van der Waals surface area contributed by atoms with Crippen molar-refractivity contribution in [1.29, 1.82) is 0 Å². The molecule has 0 saturated heterocycles. The van der Waals surface area contributed by atoms with Gasteiger partial charge in [-0.05, 0) is 71.8 Å². The first-order chi connectivity index (χ1) is 27.3. The summed E-state index contributed by atoms with van der Waals surface area (Å²) < 4.78 is 11.3. The van der Waals surface area contributed by atoms with Gasteiger partial charge in [0.15, 0.2) is 5.82 Å². The van der Waals surface area contributed by atoms with Crippen molar-refractivity contribution in [3.8, 4) is 33.9 Å². The van der Waals surface area contributed by atoms with E-state index in [2.05, 4.69) is 155 Å². The van der Waals surface area contributed by atoms with Crippen molar-refractivity contribution >= 4 is 76.6 Å². The van der Waals surface area contributed by atoms with Gasteiger partial charge in [-0.1, -0.05) is 121 Å². The summed E-state index contributed by atoms with van der Waals surface area (Å²) in [6.45, 7) is 0. The lowest BCUT2D eigenvalue weighted by Gasteiger charge is -2.14. The van der Waals surface area contributed by atoms with Gasteiger partial charge in [0.2, 0.25) is 0 Å². The molecule has 5 nitrogen and oxygen atoms in total. The Bertz CT molecular complexity index is 3480. The van der Waals surface area contributed by atoms with Crippen molar-refractivity contribution in [3.63, 3.8) is 0 Å². The number of benzene rings is 8. The zero-order chi connectivity index (χ0) is 36.0. The standard InChI is InChI=1S/C50H30N4O/c1-3-13-31(14-4-1)33-23-25-35-39-30-34(53-42-21-11-7-18-38(42)47-44(53)28-26-37-36-17-8-12-22-46(36)55-49(37)47)24-27-43(39)54(45(35)29-33)50-48(32-15-5-2-6-16-32)51-40-19-9-10-20-41(40)52-50/h1-30H. The van der Waals surface area contributed by atoms with Gasteiger partial charge < -0.3 is 8.98 Å². The molecule has 0 fully saturated rings. The lowest BCUT2D eigenvalue weighted by atomic mass is 10.0. The average molecular weight is 703 g/mol. The summed E-state index contributed by atoms with van der Waals surface area (Å²) in [5, 5.41) is 6.83. The topological polar surface area (TPSA) is 48.8 Å². The molecule has 0 amide bonds. The smallest absolute Gasteiger partial charge is 0.165 e. The maximum absolute atomic E-state index is 6.60. The predicted octanol–water partition coefficient (Wildman–Crippen LogP) is 13.1. The summed E-state index contributed by atoms with van der Waals surface area (Å²) >= 11 is 0. The molecule has 12 rings (SSSR count). The van der Waals surface area contributed by atoms with Gasteiger partial charge in [-0.15, -0.1) is 0 Å². The van der Waals surface area contributed by atoms with Crippen molar-refractivity contribution in [1.82, 2.24) is 19.1 Å². The molecule has 0 radical (unpaired) electrons. The minimum atomic E-state index is 0.798. The Kier molecular flexibility index (Phi) is 6.27. The van der Waals surface area contributed by atoms with Crippen LogP contribution in [0.15, 0.2) is 186 Å². The molecule has 0 atom stereocenters. The number of hydrogen-bond acceptors (Lipinski definition) is 3. The van der Waals surface area contributed by atoms with E-state index < -0.39 is 0 Å². The highest BCUT2D eigenvalue weighted by molar-refractivity contribution is 6.24. The van der Waals surface area contributed by atoms with E-state index in [9.17, 15) is 0 Å². The normalized spacial score (nSPS) is 12.0. The first-order valence-electron chi connectivity index (χ1n) is 18.6. The highest BCUT2D eigenvalue weighted by Crippen LogP contribution is 2.43. The van der Waals surface area contributed by atoms with Crippen molar-refractivity contribution in [2.45, 2.75) is 0 Å². The average Bonchev–Trinajstić information content (AvgIpc) is 3.91. The predicted molar refractivity (Wildman–Crippen MR) is 226 cm³/mol. The van der Waals surface area contributed by atoms with E-state index in [1.807, 2.05) is 36.4 Å². The Morgan fingerprint density at radius 3 is 1.87 bits per heavy atom. The van der Waals surface area contributed by atoms with Crippen LogP contribution in [0.4, 0.5) is 0 Å². The number of furan rings is 1. The Balaban J connectivity index is 1.18. The van der Waals surface area contributed by atoms with Crippen LogP contribution in [0.2, 0.25) is 0 Å². The third-order valence-corrected chi connectivity index (χ3v) is 11.1. The molecule has 0 spiro atoms. The summed E-state index contributed by atoms with van der Waals surface area (Å²) in [5.41, 5.74) is 13.1. The summed E-state index contributed by atoms with van der Waals surface area (Å²) in [5.74, 6) is 0.798. The molecule has 0 aliphatic carbocycles. The highest BCUT2D eigenvalue weighted by atomic mass is 16.3. The van der Waals surface area contributed by atoms with Crippen molar-refractivity contribution in [2.24, 2.45) is 0 Å². The SMILES string of the molecule is c1ccc(-c2ccc3c4cc(-n5c6ccccc6c6c7oc8ccccc8c7ccc65)ccc4n(-c4nc5ccccc5nc4-c4ccccc4)c3c2)cc1. The molecular weight excluding hydrogens is 673 g/mol. The lowest BCUT2D eigenvalue weighted by molar-refractivity contribution is 0.673. The minimum Gasteiger partial charge on any atom is -0.455 e. The molecule has 55 heavy (non-hydrogen) atoms. The van der Waals surface area contributed by atoms with Crippen LogP contribution in [0, 0.1) is 0 Å². The van der Waals surface area contributed by atoms with E-state index in [4.69, 9.17) is 14.4 Å². The van der Waals surface area contributed by atoms with E-state index in [-0.39, 0.29) is 0 Å². The van der Waals surface area contributed by atoms with Gasteiger partial charge in [0, 0.05) is 38.2 Å². The third-order valence-electron chi connectivity index (χ3n) is 11.1. The molecule has 5 heteroatoms. The minimum absolute atomic E-state index is 0.798. The zero-order valence-corrected chi connectivity index (χ0v) is 29.5. The fraction of sp³-hybridized carbons (Fsp3) is 0. The van der Waals surface area contributed by atoms with E-state index >= 15 is 0 Å². The van der Waals surface area contributed by atoms with Gasteiger partial charge in [-0.25, -0.2) is 9.97 Å². The first kappa shape index (κ1) is 30.0. The van der Waals surface area contributed by atoms with Crippen molar-refractivity contribution in [3.05, 3.63) is 182 Å². The Morgan fingerprint density at radius 1 is 0.382 bits per heavy atom. The van der Waals surface area contributed by atoms with Crippen LogP contribution < -0.4 is 0 Å². The second-order valence-electron chi connectivity index (χ2n) is 14.2. The van der Waals surface area contributed by atoms with E-state index in [0.29, 0.717) is 0 Å². The molecule has 256 valence electrons. The molecule has 8 aromatic carbocycles.